The van der Waals surface area contributed by atoms with E-state index in [1.807, 2.05) is 13.8 Å². The molecule has 0 radical (unpaired) electrons. The molecule has 0 unspecified atom stereocenters. The van der Waals surface area contributed by atoms with Gasteiger partial charge in [-0.15, -0.1) is 0 Å². The van der Waals surface area contributed by atoms with Gasteiger partial charge in [0.1, 0.15) is 12.4 Å². The molecule has 0 bridgehead atoms. The van der Waals surface area contributed by atoms with Gasteiger partial charge in [0.2, 0.25) is 0 Å². The van der Waals surface area contributed by atoms with E-state index in [9.17, 15) is 9.18 Å². The van der Waals surface area contributed by atoms with E-state index in [0.717, 1.165) is 0 Å². The first-order chi connectivity index (χ1) is 11.8. The third-order valence-electron chi connectivity index (χ3n) is 3.31. The molecule has 0 aromatic heterocycles. The summed E-state index contributed by atoms with van der Waals surface area (Å²) >= 11 is 6.75. The molecular weight excluding hydrogens is 457 g/mol. The van der Waals surface area contributed by atoms with Gasteiger partial charge in [-0.2, -0.15) is 0 Å². The predicted octanol–water partition coefficient (Wildman–Crippen LogP) is 5.38. The Morgan fingerprint density at radius 3 is 2.48 bits per heavy atom. The van der Waals surface area contributed by atoms with Gasteiger partial charge >= 0.3 is 5.97 Å². The molecule has 0 aliphatic carbocycles. The van der Waals surface area contributed by atoms with Crippen LogP contribution in [0.5, 0.6) is 5.75 Å². The van der Waals surface area contributed by atoms with Crippen molar-refractivity contribution in [1.82, 2.24) is 0 Å². The monoisotopic (exact) mass is 473 g/mol. The lowest BCUT2D eigenvalue weighted by atomic mass is 10.1. The molecule has 2 aromatic rings. The summed E-state index contributed by atoms with van der Waals surface area (Å²) in [6.45, 7) is 3.93. The van der Waals surface area contributed by atoms with Crippen molar-refractivity contribution in [1.29, 1.82) is 0 Å². The molecule has 0 atom stereocenters. The van der Waals surface area contributed by atoms with Crippen LogP contribution < -0.4 is 10.1 Å². The fourth-order valence-electron chi connectivity index (χ4n) is 2.29. The van der Waals surface area contributed by atoms with Gasteiger partial charge in [-0.1, -0.05) is 12.1 Å². The first-order valence-electron chi connectivity index (χ1n) is 7.64. The number of hydrogen-bond acceptors (Lipinski definition) is 3. The zero-order chi connectivity index (χ0) is 18.6. The molecule has 0 aliphatic heterocycles. The van der Waals surface area contributed by atoms with Gasteiger partial charge < -0.3 is 15.2 Å². The molecule has 7 heteroatoms. The van der Waals surface area contributed by atoms with Crippen molar-refractivity contribution in [3.8, 4) is 5.75 Å². The van der Waals surface area contributed by atoms with E-state index in [4.69, 9.17) is 9.84 Å². The SMILES string of the molecule is CC(C)Nc1cccc(COc2c(Br)cc(CC(=O)O)cc2Br)c1F. The fraction of sp³-hybridized carbons (Fsp3) is 0.278. The van der Waals surface area contributed by atoms with Crippen LogP contribution in [0.4, 0.5) is 10.1 Å². The van der Waals surface area contributed by atoms with E-state index in [-0.39, 0.29) is 24.9 Å². The van der Waals surface area contributed by atoms with Crippen molar-refractivity contribution in [3.63, 3.8) is 0 Å². The van der Waals surface area contributed by atoms with Gasteiger partial charge in [-0.25, -0.2) is 4.39 Å². The number of rotatable bonds is 7. The largest absolute Gasteiger partial charge is 0.486 e. The average Bonchev–Trinajstić information content (AvgIpc) is 2.48. The van der Waals surface area contributed by atoms with Crippen molar-refractivity contribution in [3.05, 3.63) is 56.2 Å². The number of halogens is 3. The molecule has 25 heavy (non-hydrogen) atoms. The number of hydrogen-bond donors (Lipinski definition) is 2. The van der Waals surface area contributed by atoms with E-state index >= 15 is 0 Å². The number of nitrogens with one attached hydrogen (secondary N) is 1. The van der Waals surface area contributed by atoms with Crippen LogP contribution in [0.3, 0.4) is 0 Å². The van der Waals surface area contributed by atoms with Gasteiger partial charge in [0, 0.05) is 11.6 Å². The van der Waals surface area contributed by atoms with Gasteiger partial charge in [0.05, 0.1) is 21.1 Å². The molecule has 2 N–H and O–H groups in total. The molecule has 2 aromatic carbocycles. The Kier molecular flexibility index (Phi) is 6.84. The zero-order valence-corrected chi connectivity index (χ0v) is 16.9. The topological polar surface area (TPSA) is 58.6 Å². The van der Waals surface area contributed by atoms with Crippen LogP contribution in [-0.4, -0.2) is 17.1 Å². The zero-order valence-electron chi connectivity index (χ0n) is 13.8. The highest BCUT2D eigenvalue weighted by atomic mass is 79.9. The number of carboxylic acid groups (broad SMARTS) is 1. The molecule has 0 spiro atoms. The number of aliphatic carboxylic acids is 1. The van der Waals surface area contributed by atoms with Crippen molar-refractivity contribution in [2.75, 3.05) is 5.32 Å². The van der Waals surface area contributed by atoms with Crippen LogP contribution in [0.2, 0.25) is 0 Å². The summed E-state index contributed by atoms with van der Waals surface area (Å²) in [5.74, 6) is -0.759. The van der Waals surface area contributed by atoms with E-state index in [0.29, 0.717) is 31.5 Å². The molecule has 0 heterocycles. The highest BCUT2D eigenvalue weighted by Gasteiger charge is 2.14. The van der Waals surface area contributed by atoms with Crippen molar-refractivity contribution >= 4 is 43.5 Å². The van der Waals surface area contributed by atoms with Crippen LogP contribution in [0.25, 0.3) is 0 Å². The third kappa shape index (κ3) is 5.44. The number of carbonyl (C=O) groups is 1. The molecule has 0 fully saturated rings. The maximum atomic E-state index is 14.5. The summed E-state index contributed by atoms with van der Waals surface area (Å²) in [6.07, 6.45) is -0.0883. The molecule has 4 nitrogen and oxygen atoms in total. The predicted molar refractivity (Wildman–Crippen MR) is 103 cm³/mol. The first kappa shape index (κ1) is 19.7. The molecule has 2 rings (SSSR count). The van der Waals surface area contributed by atoms with Crippen LogP contribution in [-0.2, 0) is 17.8 Å². The van der Waals surface area contributed by atoms with Crippen LogP contribution in [0.15, 0.2) is 39.3 Å². The first-order valence-corrected chi connectivity index (χ1v) is 9.23. The van der Waals surface area contributed by atoms with Crippen molar-refractivity contribution in [2.45, 2.75) is 32.9 Å². The lowest BCUT2D eigenvalue weighted by Crippen LogP contribution is -2.12. The second-order valence-corrected chi connectivity index (χ2v) is 7.53. The molecular formula is C18H18Br2FNO3. The van der Waals surface area contributed by atoms with Crippen LogP contribution >= 0.6 is 31.9 Å². The number of anilines is 1. The number of benzene rings is 2. The smallest absolute Gasteiger partial charge is 0.307 e. The van der Waals surface area contributed by atoms with E-state index in [2.05, 4.69) is 37.2 Å². The molecule has 0 amide bonds. The summed E-state index contributed by atoms with van der Waals surface area (Å²) in [7, 11) is 0. The molecule has 134 valence electrons. The van der Waals surface area contributed by atoms with Crippen LogP contribution in [0.1, 0.15) is 25.0 Å². The highest BCUT2D eigenvalue weighted by molar-refractivity contribution is 9.11. The summed E-state index contributed by atoms with van der Waals surface area (Å²) in [5.41, 5.74) is 1.50. The average molecular weight is 475 g/mol. The Hall–Kier alpha value is -1.60. The standard InChI is InChI=1S/C18H18Br2FNO3/c1-10(2)22-15-5-3-4-12(17(15)21)9-25-18-13(19)6-11(7-14(18)20)8-16(23)24/h3-7,10,22H,8-9H2,1-2H3,(H,23,24). The summed E-state index contributed by atoms with van der Waals surface area (Å²) in [6, 6.07) is 8.61. The maximum absolute atomic E-state index is 14.5. The van der Waals surface area contributed by atoms with Crippen LogP contribution in [0, 0.1) is 5.82 Å². The summed E-state index contributed by atoms with van der Waals surface area (Å²) in [4.78, 5) is 10.8. The third-order valence-corrected chi connectivity index (χ3v) is 4.49. The van der Waals surface area contributed by atoms with Crippen molar-refractivity contribution < 1.29 is 19.0 Å². The Balaban J connectivity index is 2.18. The molecule has 0 saturated heterocycles. The minimum atomic E-state index is -0.913. The molecule has 0 saturated carbocycles. The normalized spacial score (nSPS) is 10.8. The lowest BCUT2D eigenvalue weighted by Gasteiger charge is -2.15. The van der Waals surface area contributed by atoms with Gasteiger partial charge in [0.25, 0.3) is 0 Å². The second kappa shape index (κ2) is 8.67. The lowest BCUT2D eigenvalue weighted by molar-refractivity contribution is -0.136. The number of carboxylic acids is 1. The Labute approximate surface area is 162 Å². The Bertz CT molecular complexity index is 758. The minimum absolute atomic E-state index is 0.0505. The fourth-order valence-corrected chi connectivity index (χ4v) is 3.80. The highest BCUT2D eigenvalue weighted by Crippen LogP contribution is 2.36. The summed E-state index contributed by atoms with van der Waals surface area (Å²) < 4.78 is 21.5. The maximum Gasteiger partial charge on any atom is 0.307 e. The molecule has 0 aliphatic rings. The van der Waals surface area contributed by atoms with E-state index < -0.39 is 5.97 Å². The van der Waals surface area contributed by atoms with Gasteiger partial charge in [-0.3, -0.25) is 4.79 Å². The minimum Gasteiger partial charge on any atom is -0.486 e. The Morgan fingerprint density at radius 1 is 1.28 bits per heavy atom. The Morgan fingerprint density at radius 2 is 1.92 bits per heavy atom. The summed E-state index contributed by atoms with van der Waals surface area (Å²) in [5, 5.41) is 11.9. The van der Waals surface area contributed by atoms with Gasteiger partial charge in [-0.05, 0) is 69.5 Å². The quantitative estimate of drug-likeness (QED) is 0.565. The number of ether oxygens (including phenoxy) is 1. The second-order valence-electron chi connectivity index (χ2n) is 5.83. The van der Waals surface area contributed by atoms with Gasteiger partial charge in [0.15, 0.2) is 5.82 Å². The van der Waals surface area contributed by atoms with E-state index in [1.165, 1.54) is 0 Å². The van der Waals surface area contributed by atoms with Crippen molar-refractivity contribution in [2.24, 2.45) is 0 Å². The van der Waals surface area contributed by atoms with E-state index in [1.54, 1.807) is 30.3 Å².